The lowest BCUT2D eigenvalue weighted by atomic mass is 9.95. The molecule has 1 aliphatic heterocycles. The van der Waals surface area contributed by atoms with Crippen LogP contribution in [0.5, 0.6) is 0 Å². The number of halogens is 1. The van der Waals surface area contributed by atoms with Crippen molar-refractivity contribution in [1.82, 2.24) is 4.90 Å². The van der Waals surface area contributed by atoms with Crippen LogP contribution in [0.25, 0.3) is 0 Å². The van der Waals surface area contributed by atoms with Crippen molar-refractivity contribution < 1.29 is 4.74 Å². The number of ether oxygens (including phenoxy) is 1. The van der Waals surface area contributed by atoms with Crippen LogP contribution in [0, 0.1) is 0 Å². The number of nitrogens with two attached hydrogens (primary N) is 1. The van der Waals surface area contributed by atoms with E-state index in [4.69, 9.17) is 10.5 Å². The highest BCUT2D eigenvalue weighted by molar-refractivity contribution is 5.85. The molecule has 0 spiro atoms. The van der Waals surface area contributed by atoms with Crippen molar-refractivity contribution in [3.05, 3.63) is 35.9 Å². The van der Waals surface area contributed by atoms with Crippen LogP contribution in [-0.4, -0.2) is 43.8 Å². The van der Waals surface area contributed by atoms with E-state index < -0.39 is 0 Å². The van der Waals surface area contributed by atoms with Crippen molar-refractivity contribution in [2.45, 2.75) is 24.9 Å². The van der Waals surface area contributed by atoms with Gasteiger partial charge in [-0.15, -0.1) is 12.4 Å². The Balaban J connectivity index is 0.00000162. The lowest BCUT2D eigenvalue weighted by Crippen LogP contribution is -2.36. The van der Waals surface area contributed by atoms with Crippen molar-refractivity contribution >= 4 is 12.4 Å². The zero-order chi connectivity index (χ0) is 12.3. The maximum Gasteiger partial charge on any atom is 0.0615 e. The predicted octanol–water partition coefficient (Wildman–Crippen LogP) is 1.87. The summed E-state index contributed by atoms with van der Waals surface area (Å²) in [4.78, 5) is 2.42. The minimum atomic E-state index is 0. The van der Waals surface area contributed by atoms with E-state index in [-0.39, 0.29) is 18.4 Å². The lowest BCUT2D eigenvalue weighted by Gasteiger charge is -2.23. The van der Waals surface area contributed by atoms with E-state index in [1.165, 1.54) is 5.56 Å². The first kappa shape index (κ1) is 15.4. The number of methoxy groups -OCH3 is 1. The summed E-state index contributed by atoms with van der Waals surface area (Å²) in [5, 5.41) is 0. The highest BCUT2D eigenvalue weighted by atomic mass is 35.5. The van der Waals surface area contributed by atoms with Gasteiger partial charge in [0.25, 0.3) is 0 Å². The minimum Gasteiger partial charge on any atom is -0.383 e. The summed E-state index contributed by atoms with van der Waals surface area (Å²) in [6.45, 7) is 4.97. The van der Waals surface area contributed by atoms with Gasteiger partial charge in [-0.05, 0) is 12.5 Å². The molecule has 2 N–H and O–H groups in total. The fourth-order valence-corrected chi connectivity index (χ4v) is 2.62. The maximum atomic E-state index is 6.25. The summed E-state index contributed by atoms with van der Waals surface area (Å²) in [5.41, 5.74) is 7.61. The van der Waals surface area contributed by atoms with Gasteiger partial charge in [0.15, 0.2) is 0 Å². The highest BCUT2D eigenvalue weighted by Crippen LogP contribution is 2.27. The molecule has 1 aromatic rings. The summed E-state index contributed by atoms with van der Waals surface area (Å²) in [7, 11) is 1.75. The summed E-state index contributed by atoms with van der Waals surface area (Å²) < 4.78 is 5.21. The van der Waals surface area contributed by atoms with Crippen LogP contribution in [0.1, 0.15) is 18.4 Å². The second-order valence-electron chi connectivity index (χ2n) is 4.94. The number of hydrogen-bond donors (Lipinski definition) is 1. The molecule has 0 saturated carbocycles. The quantitative estimate of drug-likeness (QED) is 0.908. The molecular weight excluding hydrogens is 248 g/mol. The van der Waals surface area contributed by atoms with Gasteiger partial charge >= 0.3 is 0 Å². The third-order valence-electron chi connectivity index (χ3n) is 3.65. The van der Waals surface area contributed by atoms with E-state index >= 15 is 0 Å². The van der Waals surface area contributed by atoms with Gasteiger partial charge in [0.1, 0.15) is 0 Å². The molecule has 3 nitrogen and oxygen atoms in total. The van der Waals surface area contributed by atoms with Crippen LogP contribution in [0.3, 0.4) is 0 Å². The van der Waals surface area contributed by atoms with Crippen molar-refractivity contribution in [2.75, 3.05) is 26.8 Å². The van der Waals surface area contributed by atoms with Gasteiger partial charge in [-0.3, -0.25) is 4.90 Å². The molecule has 0 aromatic heterocycles. The number of hydrogen-bond acceptors (Lipinski definition) is 3. The van der Waals surface area contributed by atoms with E-state index in [0.29, 0.717) is 12.0 Å². The zero-order valence-corrected chi connectivity index (χ0v) is 11.9. The first-order chi connectivity index (χ1) is 8.22. The molecule has 4 heteroatoms. The SMILES string of the molecule is COCC(C)N1C[C@@H](N)[C@H](c2ccccc2)C1.Cl. The fourth-order valence-electron chi connectivity index (χ4n) is 2.62. The van der Waals surface area contributed by atoms with Crippen LogP contribution in [0.15, 0.2) is 30.3 Å². The average Bonchev–Trinajstić information content (AvgIpc) is 2.73. The topological polar surface area (TPSA) is 38.5 Å². The Morgan fingerprint density at radius 2 is 2.00 bits per heavy atom. The van der Waals surface area contributed by atoms with Gasteiger partial charge in [0, 0.05) is 38.2 Å². The number of rotatable bonds is 4. The monoisotopic (exact) mass is 270 g/mol. The summed E-state index contributed by atoms with van der Waals surface area (Å²) in [6, 6.07) is 11.3. The molecule has 0 bridgehead atoms. The minimum absolute atomic E-state index is 0. The Labute approximate surface area is 116 Å². The normalized spacial score (nSPS) is 25.7. The maximum absolute atomic E-state index is 6.25. The van der Waals surface area contributed by atoms with E-state index in [1.54, 1.807) is 7.11 Å². The predicted molar refractivity (Wildman–Crippen MR) is 77.3 cm³/mol. The number of benzene rings is 1. The van der Waals surface area contributed by atoms with Crippen LogP contribution >= 0.6 is 12.4 Å². The van der Waals surface area contributed by atoms with Gasteiger partial charge in [-0.2, -0.15) is 0 Å². The molecule has 0 amide bonds. The third-order valence-corrected chi connectivity index (χ3v) is 3.65. The smallest absolute Gasteiger partial charge is 0.0615 e. The molecule has 102 valence electrons. The standard InChI is InChI=1S/C14H22N2O.ClH/c1-11(10-17-2)16-8-13(14(15)9-16)12-6-4-3-5-7-12;/h3-7,11,13-14H,8-10,15H2,1-2H3;1H/t11?,13-,14+;/m0./s1. The van der Waals surface area contributed by atoms with Crippen molar-refractivity contribution in [1.29, 1.82) is 0 Å². The van der Waals surface area contributed by atoms with E-state index in [9.17, 15) is 0 Å². The highest BCUT2D eigenvalue weighted by Gasteiger charge is 2.33. The van der Waals surface area contributed by atoms with Gasteiger partial charge in [0.05, 0.1) is 6.61 Å². The van der Waals surface area contributed by atoms with Gasteiger partial charge < -0.3 is 10.5 Å². The van der Waals surface area contributed by atoms with Crippen molar-refractivity contribution in [2.24, 2.45) is 5.73 Å². The Hall–Kier alpha value is -0.610. The first-order valence-electron chi connectivity index (χ1n) is 6.26. The molecule has 1 saturated heterocycles. The molecular formula is C14H23ClN2O. The van der Waals surface area contributed by atoms with Gasteiger partial charge in [0.2, 0.25) is 0 Å². The van der Waals surface area contributed by atoms with Crippen LogP contribution in [0.2, 0.25) is 0 Å². The Morgan fingerprint density at radius 3 is 2.61 bits per heavy atom. The number of likely N-dealkylation sites (tertiary alicyclic amines) is 1. The Kier molecular flexibility index (Phi) is 6.09. The van der Waals surface area contributed by atoms with Gasteiger partial charge in [-0.25, -0.2) is 0 Å². The molecule has 1 fully saturated rings. The fraction of sp³-hybridized carbons (Fsp3) is 0.571. The largest absolute Gasteiger partial charge is 0.383 e. The summed E-state index contributed by atoms with van der Waals surface area (Å²) in [5.74, 6) is 0.454. The molecule has 18 heavy (non-hydrogen) atoms. The number of nitrogens with zero attached hydrogens (tertiary/aromatic N) is 1. The molecule has 1 heterocycles. The molecule has 1 unspecified atom stereocenters. The molecule has 2 rings (SSSR count). The van der Waals surface area contributed by atoms with Crippen molar-refractivity contribution in [3.8, 4) is 0 Å². The van der Waals surface area contributed by atoms with Crippen molar-refractivity contribution in [3.63, 3.8) is 0 Å². The second kappa shape index (κ2) is 7.10. The third kappa shape index (κ3) is 3.45. The average molecular weight is 271 g/mol. The van der Waals surface area contributed by atoms with Crippen LogP contribution in [-0.2, 0) is 4.74 Å². The first-order valence-corrected chi connectivity index (χ1v) is 6.26. The molecule has 3 atom stereocenters. The van der Waals surface area contributed by atoms with E-state index in [2.05, 4.69) is 42.2 Å². The van der Waals surface area contributed by atoms with Gasteiger partial charge in [-0.1, -0.05) is 30.3 Å². The van der Waals surface area contributed by atoms with E-state index in [0.717, 1.165) is 19.7 Å². The summed E-state index contributed by atoms with van der Waals surface area (Å²) >= 11 is 0. The van der Waals surface area contributed by atoms with Crippen LogP contribution in [0.4, 0.5) is 0 Å². The second-order valence-corrected chi connectivity index (χ2v) is 4.94. The Bertz CT molecular complexity index is 347. The molecule has 1 aliphatic rings. The zero-order valence-electron chi connectivity index (χ0n) is 11.1. The van der Waals surface area contributed by atoms with E-state index in [1.807, 2.05) is 0 Å². The molecule has 0 aliphatic carbocycles. The summed E-state index contributed by atoms with van der Waals surface area (Å²) in [6.07, 6.45) is 0. The Morgan fingerprint density at radius 1 is 1.33 bits per heavy atom. The molecule has 1 aromatic carbocycles. The van der Waals surface area contributed by atoms with Crippen LogP contribution < -0.4 is 5.73 Å². The lowest BCUT2D eigenvalue weighted by molar-refractivity contribution is 0.113. The molecule has 0 radical (unpaired) electrons.